The normalized spacial score (nSPS) is 20.4. The van der Waals surface area contributed by atoms with Crippen molar-refractivity contribution in [2.75, 3.05) is 19.7 Å². The number of aryl methyl sites for hydroxylation is 2. The minimum absolute atomic E-state index is 0.0343. The van der Waals surface area contributed by atoms with Crippen LogP contribution in [-0.4, -0.2) is 47.9 Å². The molecule has 1 aromatic heterocycles. The second kappa shape index (κ2) is 6.15. The molecule has 2 rings (SSSR count). The number of sulfonamides is 1. The predicted molar refractivity (Wildman–Crippen MR) is 76.1 cm³/mol. The van der Waals surface area contributed by atoms with Gasteiger partial charge in [-0.2, -0.15) is 4.31 Å². The van der Waals surface area contributed by atoms with E-state index in [0.717, 1.165) is 0 Å². The fraction of sp³-hybridized carbons (Fsp3) is 0.692. The van der Waals surface area contributed by atoms with Crippen LogP contribution in [0.25, 0.3) is 0 Å². The molecule has 0 aliphatic carbocycles. The average Bonchev–Trinajstić information content (AvgIpc) is 2.80. The zero-order valence-electron chi connectivity index (χ0n) is 12.6. The molecule has 2 heterocycles. The summed E-state index contributed by atoms with van der Waals surface area (Å²) in [6.07, 6.45) is 2.80. The first-order chi connectivity index (χ1) is 9.86. The predicted octanol–water partition coefficient (Wildman–Crippen LogP) is 0.692. The Morgan fingerprint density at radius 3 is 2.81 bits per heavy atom. The Hall–Kier alpha value is -1.41. The van der Waals surface area contributed by atoms with E-state index in [2.05, 4.69) is 4.98 Å². The summed E-state index contributed by atoms with van der Waals surface area (Å²) in [6, 6.07) is 0. The van der Waals surface area contributed by atoms with E-state index < -0.39 is 15.9 Å². The maximum Gasteiger partial charge on any atom is 0.310 e. The number of carbonyl (C=O) groups excluding carboxylic acids is 1. The highest BCUT2D eigenvalue weighted by atomic mass is 32.2. The Morgan fingerprint density at radius 2 is 2.24 bits per heavy atom. The van der Waals surface area contributed by atoms with Crippen LogP contribution in [-0.2, 0) is 26.6 Å². The van der Waals surface area contributed by atoms with Crippen molar-refractivity contribution in [1.82, 2.24) is 13.9 Å². The number of nitrogens with zero attached hydrogens (tertiary/aromatic N) is 3. The van der Waals surface area contributed by atoms with Crippen LogP contribution in [0.2, 0.25) is 0 Å². The third kappa shape index (κ3) is 3.26. The van der Waals surface area contributed by atoms with E-state index in [9.17, 15) is 13.2 Å². The molecule has 0 bridgehead atoms. The molecule has 0 N–H and O–H groups in total. The molecule has 1 fully saturated rings. The van der Waals surface area contributed by atoms with Crippen molar-refractivity contribution in [1.29, 1.82) is 0 Å². The van der Waals surface area contributed by atoms with Gasteiger partial charge in [-0.1, -0.05) is 0 Å². The van der Waals surface area contributed by atoms with Gasteiger partial charge in [-0.15, -0.1) is 0 Å². The molecule has 1 aliphatic heterocycles. The monoisotopic (exact) mass is 315 g/mol. The van der Waals surface area contributed by atoms with Crippen LogP contribution < -0.4 is 0 Å². The molecule has 21 heavy (non-hydrogen) atoms. The van der Waals surface area contributed by atoms with Gasteiger partial charge >= 0.3 is 5.97 Å². The lowest BCUT2D eigenvalue weighted by Gasteiger charge is -2.29. The van der Waals surface area contributed by atoms with Crippen molar-refractivity contribution in [3.8, 4) is 0 Å². The van der Waals surface area contributed by atoms with Crippen molar-refractivity contribution < 1.29 is 17.9 Å². The molecule has 118 valence electrons. The van der Waals surface area contributed by atoms with Crippen LogP contribution in [0.15, 0.2) is 11.2 Å². The SMILES string of the molecule is CCOC(=O)[C@@H]1CCCN(S(=O)(=O)c2cn(C)c(C)n2)C1. The average molecular weight is 315 g/mol. The quantitative estimate of drug-likeness (QED) is 0.764. The van der Waals surface area contributed by atoms with Crippen molar-refractivity contribution >= 4 is 16.0 Å². The molecule has 0 spiro atoms. The van der Waals surface area contributed by atoms with Crippen LogP contribution in [0.4, 0.5) is 0 Å². The minimum Gasteiger partial charge on any atom is -0.466 e. The van der Waals surface area contributed by atoms with Gasteiger partial charge in [-0.25, -0.2) is 13.4 Å². The summed E-state index contributed by atoms with van der Waals surface area (Å²) in [7, 11) is -1.90. The van der Waals surface area contributed by atoms with Crippen molar-refractivity contribution in [2.24, 2.45) is 13.0 Å². The molecule has 0 saturated carbocycles. The standard InChI is InChI=1S/C13H21N3O4S/c1-4-20-13(17)11-6-5-7-16(8-11)21(18,19)12-9-15(3)10(2)14-12/h9,11H,4-8H2,1-3H3/t11-/m1/s1. The molecule has 7 nitrogen and oxygen atoms in total. The number of aromatic nitrogens is 2. The highest BCUT2D eigenvalue weighted by molar-refractivity contribution is 7.89. The van der Waals surface area contributed by atoms with Gasteiger partial charge in [0.1, 0.15) is 5.82 Å². The van der Waals surface area contributed by atoms with E-state index in [1.54, 1.807) is 25.5 Å². The Morgan fingerprint density at radius 1 is 1.52 bits per heavy atom. The summed E-state index contributed by atoms with van der Waals surface area (Å²) in [4.78, 5) is 15.9. The number of piperidine rings is 1. The van der Waals surface area contributed by atoms with E-state index >= 15 is 0 Å². The van der Waals surface area contributed by atoms with Gasteiger partial charge in [-0.3, -0.25) is 4.79 Å². The van der Waals surface area contributed by atoms with Crippen LogP contribution >= 0.6 is 0 Å². The smallest absolute Gasteiger partial charge is 0.310 e. The lowest BCUT2D eigenvalue weighted by molar-refractivity contribution is -0.149. The van der Waals surface area contributed by atoms with Gasteiger partial charge in [-0.05, 0) is 26.7 Å². The fourth-order valence-corrected chi connectivity index (χ4v) is 3.95. The third-order valence-corrected chi connectivity index (χ3v) is 5.43. The third-order valence-electron chi connectivity index (χ3n) is 3.69. The van der Waals surface area contributed by atoms with Crippen LogP contribution in [0, 0.1) is 12.8 Å². The summed E-state index contributed by atoms with van der Waals surface area (Å²) in [5.41, 5.74) is 0. The molecule has 0 unspecified atom stereocenters. The number of carbonyl (C=O) groups is 1. The fourth-order valence-electron chi connectivity index (χ4n) is 2.40. The number of imidazole rings is 1. The molecule has 1 atom stereocenters. The van der Waals surface area contributed by atoms with Crippen LogP contribution in [0.3, 0.4) is 0 Å². The van der Waals surface area contributed by atoms with E-state index in [1.165, 1.54) is 10.5 Å². The van der Waals surface area contributed by atoms with Crippen LogP contribution in [0.5, 0.6) is 0 Å². The summed E-state index contributed by atoms with van der Waals surface area (Å²) in [5.74, 6) is -0.0830. The van der Waals surface area contributed by atoms with Gasteiger partial charge < -0.3 is 9.30 Å². The molecule has 1 aromatic rings. The largest absolute Gasteiger partial charge is 0.466 e. The Kier molecular flexibility index (Phi) is 4.67. The van der Waals surface area contributed by atoms with Gasteiger partial charge in [0, 0.05) is 26.3 Å². The highest BCUT2D eigenvalue weighted by Crippen LogP contribution is 2.24. The maximum absolute atomic E-state index is 12.6. The summed E-state index contributed by atoms with van der Waals surface area (Å²) in [6.45, 7) is 4.37. The molecule has 1 aliphatic rings. The van der Waals surface area contributed by atoms with E-state index in [-0.39, 0.29) is 17.5 Å². The number of esters is 1. The topological polar surface area (TPSA) is 81.5 Å². The lowest BCUT2D eigenvalue weighted by atomic mass is 10.0. The molecule has 1 saturated heterocycles. The lowest BCUT2D eigenvalue weighted by Crippen LogP contribution is -2.42. The van der Waals surface area contributed by atoms with Gasteiger partial charge in [0.15, 0.2) is 5.03 Å². The number of rotatable bonds is 4. The molecular formula is C13H21N3O4S. The molecule has 8 heteroatoms. The van der Waals surface area contributed by atoms with Crippen molar-refractivity contribution in [2.45, 2.75) is 31.7 Å². The van der Waals surface area contributed by atoms with E-state index in [1.807, 2.05) is 0 Å². The summed E-state index contributed by atoms with van der Waals surface area (Å²) < 4.78 is 33.1. The first kappa shape index (κ1) is 16.0. The molecule has 0 aromatic carbocycles. The first-order valence-corrected chi connectivity index (χ1v) is 8.47. The molecule has 0 radical (unpaired) electrons. The minimum atomic E-state index is -3.65. The summed E-state index contributed by atoms with van der Waals surface area (Å²) in [5, 5.41) is 0.0343. The van der Waals surface area contributed by atoms with Crippen LogP contribution in [0.1, 0.15) is 25.6 Å². The zero-order valence-corrected chi connectivity index (χ0v) is 13.4. The zero-order chi connectivity index (χ0) is 15.6. The van der Waals surface area contributed by atoms with Gasteiger partial charge in [0.25, 0.3) is 10.0 Å². The number of ether oxygens (including phenoxy) is 1. The molecular weight excluding hydrogens is 294 g/mol. The van der Waals surface area contributed by atoms with Crippen molar-refractivity contribution in [3.05, 3.63) is 12.0 Å². The maximum atomic E-state index is 12.6. The summed E-state index contributed by atoms with van der Waals surface area (Å²) >= 11 is 0. The number of hydrogen-bond donors (Lipinski definition) is 0. The first-order valence-electron chi connectivity index (χ1n) is 7.03. The Balaban J connectivity index is 2.18. The Labute approximate surface area is 125 Å². The Bertz CT molecular complexity index is 604. The van der Waals surface area contributed by atoms with E-state index in [0.29, 0.717) is 31.8 Å². The second-order valence-electron chi connectivity index (χ2n) is 5.19. The van der Waals surface area contributed by atoms with Crippen molar-refractivity contribution in [3.63, 3.8) is 0 Å². The second-order valence-corrected chi connectivity index (χ2v) is 7.08. The van der Waals surface area contributed by atoms with E-state index in [4.69, 9.17) is 4.74 Å². The number of hydrogen-bond acceptors (Lipinski definition) is 5. The molecule has 0 amide bonds. The van der Waals surface area contributed by atoms with Gasteiger partial charge in [0.05, 0.1) is 12.5 Å². The van der Waals surface area contributed by atoms with Gasteiger partial charge in [0.2, 0.25) is 0 Å². The highest BCUT2D eigenvalue weighted by Gasteiger charge is 2.35.